The molecule has 0 radical (unpaired) electrons. The van der Waals surface area contributed by atoms with Gasteiger partial charge in [-0.2, -0.15) is 0 Å². The van der Waals surface area contributed by atoms with Gasteiger partial charge in [0.1, 0.15) is 19.0 Å². The maximum absolute atomic E-state index is 11.9. The van der Waals surface area contributed by atoms with E-state index in [1.807, 2.05) is 0 Å². The van der Waals surface area contributed by atoms with E-state index in [1.54, 1.807) is 0 Å². The van der Waals surface area contributed by atoms with Gasteiger partial charge in [-0.25, -0.2) is 4.79 Å². The van der Waals surface area contributed by atoms with Gasteiger partial charge in [-0.3, -0.25) is 4.79 Å². The maximum Gasteiger partial charge on any atom is 0.372 e. The molecule has 1 aliphatic carbocycles. The Labute approximate surface area is 104 Å². The number of furan rings is 1. The molecule has 5 heteroatoms. The summed E-state index contributed by atoms with van der Waals surface area (Å²) in [6.07, 6.45) is 4.02. The summed E-state index contributed by atoms with van der Waals surface area (Å²) in [5.74, 6) is -0.796. The summed E-state index contributed by atoms with van der Waals surface area (Å²) in [5.41, 5.74) is 1.09. The van der Waals surface area contributed by atoms with Crippen LogP contribution in [0.2, 0.25) is 0 Å². The summed E-state index contributed by atoms with van der Waals surface area (Å²) in [6.45, 7) is 0.208. The number of rotatable bonds is 2. The molecule has 0 spiro atoms. The van der Waals surface area contributed by atoms with Crippen molar-refractivity contribution < 1.29 is 23.8 Å². The Bertz CT molecular complexity index is 508. The molecule has 1 saturated carbocycles. The largest absolute Gasteiger partial charge is 0.475 e. The molecule has 0 aromatic carbocycles. The molecule has 0 saturated heterocycles. The number of ketones is 1. The molecule has 2 heterocycles. The first-order chi connectivity index (χ1) is 8.68. The predicted molar refractivity (Wildman–Crippen MR) is 60.9 cm³/mol. The van der Waals surface area contributed by atoms with E-state index in [0.717, 1.165) is 25.7 Å². The van der Waals surface area contributed by atoms with Crippen LogP contribution in [-0.4, -0.2) is 23.5 Å². The van der Waals surface area contributed by atoms with Crippen LogP contribution >= 0.6 is 0 Å². The van der Waals surface area contributed by atoms with Crippen LogP contribution < -0.4 is 0 Å². The molecule has 0 bridgehead atoms. The third-order valence-electron chi connectivity index (χ3n) is 3.72. The zero-order valence-corrected chi connectivity index (χ0v) is 9.90. The van der Waals surface area contributed by atoms with E-state index in [-0.39, 0.29) is 30.7 Å². The van der Waals surface area contributed by atoms with Crippen LogP contribution in [0.5, 0.6) is 0 Å². The predicted octanol–water partition coefficient (Wildman–Crippen LogP) is 2.35. The van der Waals surface area contributed by atoms with E-state index in [1.165, 1.54) is 0 Å². The third-order valence-corrected chi connectivity index (χ3v) is 3.72. The molecule has 1 aromatic rings. The molecule has 1 aromatic heterocycles. The van der Waals surface area contributed by atoms with Crippen molar-refractivity contribution in [3.8, 4) is 0 Å². The van der Waals surface area contributed by atoms with E-state index in [2.05, 4.69) is 0 Å². The van der Waals surface area contributed by atoms with E-state index < -0.39 is 5.97 Å². The van der Waals surface area contributed by atoms with Gasteiger partial charge in [-0.1, -0.05) is 12.8 Å². The van der Waals surface area contributed by atoms with Crippen LogP contribution in [0.15, 0.2) is 4.42 Å². The quantitative estimate of drug-likeness (QED) is 0.871. The standard InChI is InChI=1S/C13H14O5/c14-8-5-17-6-9-11(8)10(7-3-1-2-4-7)12(18-9)13(15)16/h7H,1-6H2,(H,15,16). The fourth-order valence-corrected chi connectivity index (χ4v) is 2.97. The summed E-state index contributed by atoms with van der Waals surface area (Å²) < 4.78 is 10.4. The molecule has 0 amide bonds. The van der Waals surface area contributed by atoms with Crippen LogP contribution in [0.3, 0.4) is 0 Å². The number of aromatic carboxylic acids is 1. The first-order valence-electron chi connectivity index (χ1n) is 6.18. The summed E-state index contributed by atoms with van der Waals surface area (Å²) in [4.78, 5) is 23.2. The fourth-order valence-electron chi connectivity index (χ4n) is 2.97. The highest BCUT2D eigenvalue weighted by molar-refractivity contribution is 6.03. The number of fused-ring (bicyclic) bond motifs is 1. The molecule has 2 aliphatic rings. The normalized spacial score (nSPS) is 20.1. The number of carbonyl (C=O) groups excluding carboxylic acids is 1. The first-order valence-corrected chi connectivity index (χ1v) is 6.18. The highest BCUT2D eigenvalue weighted by Gasteiger charge is 2.36. The minimum Gasteiger partial charge on any atom is -0.475 e. The Kier molecular flexibility index (Phi) is 2.70. The van der Waals surface area contributed by atoms with E-state index in [0.29, 0.717) is 16.9 Å². The van der Waals surface area contributed by atoms with Crippen molar-refractivity contribution in [2.45, 2.75) is 38.2 Å². The zero-order chi connectivity index (χ0) is 12.7. The van der Waals surface area contributed by atoms with Gasteiger partial charge in [0.25, 0.3) is 0 Å². The molecule has 3 rings (SSSR count). The molecule has 1 aliphatic heterocycles. The second-order valence-corrected chi connectivity index (χ2v) is 4.85. The van der Waals surface area contributed by atoms with Crippen molar-refractivity contribution in [2.24, 2.45) is 0 Å². The zero-order valence-electron chi connectivity index (χ0n) is 9.90. The van der Waals surface area contributed by atoms with Gasteiger partial charge in [-0.05, 0) is 18.8 Å². The molecule has 96 valence electrons. The van der Waals surface area contributed by atoms with Crippen molar-refractivity contribution in [1.29, 1.82) is 0 Å². The average molecular weight is 250 g/mol. The lowest BCUT2D eigenvalue weighted by atomic mass is 9.90. The number of carboxylic acid groups (broad SMARTS) is 1. The molecule has 0 unspecified atom stereocenters. The molecular formula is C13H14O5. The monoisotopic (exact) mass is 250 g/mol. The molecular weight excluding hydrogens is 236 g/mol. The summed E-state index contributed by atoms with van der Waals surface area (Å²) in [6, 6.07) is 0. The Morgan fingerprint density at radius 1 is 1.22 bits per heavy atom. The van der Waals surface area contributed by atoms with Gasteiger partial charge in [-0.15, -0.1) is 0 Å². The van der Waals surface area contributed by atoms with Crippen molar-refractivity contribution >= 4 is 11.8 Å². The first kappa shape index (κ1) is 11.5. The number of ether oxygens (including phenoxy) is 1. The van der Waals surface area contributed by atoms with Crippen molar-refractivity contribution in [3.63, 3.8) is 0 Å². The summed E-state index contributed by atoms with van der Waals surface area (Å²) in [7, 11) is 0. The second kappa shape index (κ2) is 4.24. The minimum atomic E-state index is -1.10. The molecule has 1 fully saturated rings. The molecule has 18 heavy (non-hydrogen) atoms. The van der Waals surface area contributed by atoms with Crippen molar-refractivity contribution in [3.05, 3.63) is 22.6 Å². The highest BCUT2D eigenvalue weighted by Crippen LogP contribution is 2.41. The topological polar surface area (TPSA) is 76.7 Å². The number of carboxylic acids is 1. The van der Waals surface area contributed by atoms with Crippen molar-refractivity contribution in [1.82, 2.24) is 0 Å². The van der Waals surface area contributed by atoms with Crippen LogP contribution in [0.1, 0.15) is 63.8 Å². The lowest BCUT2D eigenvalue weighted by Gasteiger charge is -2.14. The second-order valence-electron chi connectivity index (χ2n) is 4.85. The number of hydrogen-bond acceptors (Lipinski definition) is 4. The van der Waals surface area contributed by atoms with Crippen LogP contribution in [-0.2, 0) is 11.3 Å². The highest BCUT2D eigenvalue weighted by atomic mass is 16.5. The van der Waals surface area contributed by atoms with Gasteiger partial charge in [0.05, 0.1) is 5.56 Å². The van der Waals surface area contributed by atoms with Gasteiger partial charge >= 0.3 is 5.97 Å². The van der Waals surface area contributed by atoms with Crippen LogP contribution in [0, 0.1) is 0 Å². The van der Waals surface area contributed by atoms with E-state index >= 15 is 0 Å². The fraction of sp³-hybridized carbons (Fsp3) is 0.538. The number of hydrogen-bond donors (Lipinski definition) is 1. The maximum atomic E-state index is 11.9. The Hall–Kier alpha value is -1.62. The Morgan fingerprint density at radius 2 is 1.94 bits per heavy atom. The number of Topliss-reactive ketones (excluding diaryl/α,β-unsaturated/α-hetero) is 1. The van der Waals surface area contributed by atoms with Gasteiger partial charge in [0.2, 0.25) is 5.76 Å². The summed E-state index contributed by atoms with van der Waals surface area (Å²) >= 11 is 0. The molecule has 5 nitrogen and oxygen atoms in total. The van der Waals surface area contributed by atoms with E-state index in [9.17, 15) is 14.7 Å². The Balaban J connectivity index is 2.15. The van der Waals surface area contributed by atoms with Gasteiger partial charge in [0.15, 0.2) is 5.78 Å². The molecule has 1 N–H and O–H groups in total. The summed E-state index contributed by atoms with van der Waals surface area (Å²) in [5, 5.41) is 9.22. The lowest BCUT2D eigenvalue weighted by molar-refractivity contribution is 0.0579. The minimum absolute atomic E-state index is 0.0192. The van der Waals surface area contributed by atoms with Crippen molar-refractivity contribution in [2.75, 3.05) is 6.61 Å². The molecule has 0 atom stereocenters. The van der Waals surface area contributed by atoms with Gasteiger partial charge in [0, 0.05) is 5.56 Å². The van der Waals surface area contributed by atoms with Crippen LogP contribution in [0.25, 0.3) is 0 Å². The van der Waals surface area contributed by atoms with Crippen LogP contribution in [0.4, 0.5) is 0 Å². The third kappa shape index (κ3) is 1.66. The van der Waals surface area contributed by atoms with E-state index in [4.69, 9.17) is 9.15 Å². The SMILES string of the molecule is O=C(O)c1oc2c(c1C1CCCC1)C(=O)COC2. The Morgan fingerprint density at radius 3 is 2.61 bits per heavy atom. The lowest BCUT2D eigenvalue weighted by Crippen LogP contribution is -2.18. The number of carbonyl (C=O) groups is 2. The smallest absolute Gasteiger partial charge is 0.372 e. The van der Waals surface area contributed by atoms with Gasteiger partial charge < -0.3 is 14.3 Å². The average Bonchev–Trinajstić information content (AvgIpc) is 2.95.